The van der Waals surface area contributed by atoms with Gasteiger partial charge in [-0.25, -0.2) is 0 Å². The Morgan fingerprint density at radius 2 is 2.21 bits per heavy atom. The number of benzene rings is 1. The second kappa shape index (κ2) is 5.95. The summed E-state index contributed by atoms with van der Waals surface area (Å²) in [4.78, 5) is 25.4. The predicted octanol–water partition coefficient (Wildman–Crippen LogP) is 0.561. The Morgan fingerprint density at radius 3 is 2.89 bits per heavy atom. The van der Waals surface area contributed by atoms with Crippen LogP contribution in [0.4, 0.5) is 5.69 Å². The molecule has 2 amide bonds. The zero-order valence-corrected chi connectivity index (χ0v) is 11.1. The number of hydrogen-bond donors (Lipinski definition) is 2. The van der Waals surface area contributed by atoms with Gasteiger partial charge in [0, 0.05) is 25.9 Å². The Bertz CT molecular complexity index is 499. The van der Waals surface area contributed by atoms with Crippen molar-refractivity contribution in [2.24, 2.45) is 5.73 Å². The van der Waals surface area contributed by atoms with Crippen molar-refractivity contribution in [1.82, 2.24) is 5.32 Å². The zero-order chi connectivity index (χ0) is 13.8. The van der Waals surface area contributed by atoms with Crippen molar-refractivity contribution in [3.8, 4) is 0 Å². The highest BCUT2D eigenvalue weighted by atomic mass is 16.2. The van der Waals surface area contributed by atoms with E-state index in [0.29, 0.717) is 32.4 Å². The average Bonchev–Trinajstić information content (AvgIpc) is 2.44. The van der Waals surface area contributed by atoms with Crippen LogP contribution in [-0.2, 0) is 22.6 Å². The normalized spacial score (nSPS) is 14.4. The van der Waals surface area contributed by atoms with Crippen molar-refractivity contribution >= 4 is 17.5 Å². The van der Waals surface area contributed by atoms with E-state index in [1.54, 1.807) is 7.05 Å². The van der Waals surface area contributed by atoms with Crippen molar-refractivity contribution in [2.75, 3.05) is 18.5 Å². The maximum absolute atomic E-state index is 12.1. The van der Waals surface area contributed by atoms with Crippen LogP contribution in [-0.4, -0.2) is 25.4 Å². The number of nitrogens with zero attached hydrogens (tertiary/aromatic N) is 1. The van der Waals surface area contributed by atoms with Crippen molar-refractivity contribution in [1.29, 1.82) is 0 Å². The Balaban J connectivity index is 2.30. The molecule has 1 aliphatic heterocycles. The van der Waals surface area contributed by atoms with E-state index in [1.165, 1.54) is 4.90 Å². The van der Waals surface area contributed by atoms with E-state index in [9.17, 15) is 9.59 Å². The summed E-state index contributed by atoms with van der Waals surface area (Å²) >= 11 is 0. The Labute approximate surface area is 112 Å². The number of nitrogens with two attached hydrogens (primary N) is 1. The number of amides is 2. The van der Waals surface area contributed by atoms with Crippen LogP contribution in [0.5, 0.6) is 0 Å². The molecule has 0 unspecified atom stereocenters. The van der Waals surface area contributed by atoms with Gasteiger partial charge in [0.25, 0.3) is 0 Å². The molecule has 0 radical (unpaired) electrons. The molecule has 0 aliphatic carbocycles. The Morgan fingerprint density at radius 1 is 1.42 bits per heavy atom. The first kappa shape index (κ1) is 13.7. The maximum atomic E-state index is 12.1. The summed E-state index contributed by atoms with van der Waals surface area (Å²) < 4.78 is 0. The van der Waals surface area contributed by atoms with Crippen LogP contribution in [0.3, 0.4) is 0 Å². The highest BCUT2D eigenvalue weighted by Gasteiger charge is 2.28. The van der Waals surface area contributed by atoms with Crippen molar-refractivity contribution in [3.63, 3.8) is 0 Å². The molecule has 1 aliphatic rings. The van der Waals surface area contributed by atoms with Gasteiger partial charge in [-0.3, -0.25) is 14.5 Å². The number of fused-ring (bicyclic) bond motifs is 1. The van der Waals surface area contributed by atoms with E-state index in [2.05, 4.69) is 5.32 Å². The lowest BCUT2D eigenvalue weighted by Crippen LogP contribution is -2.41. The standard InChI is InChI=1S/C14H19N3O2/c1-16-7-6-14(19)17-12-4-2-10(9-15)8-11(12)3-5-13(17)18/h2,4,8,16H,3,5-7,9,15H2,1H3. The molecule has 0 saturated carbocycles. The minimum absolute atomic E-state index is 0.117. The van der Waals surface area contributed by atoms with E-state index in [1.807, 2.05) is 18.2 Å². The second-order valence-electron chi connectivity index (χ2n) is 4.64. The third-order valence-corrected chi connectivity index (χ3v) is 3.32. The van der Waals surface area contributed by atoms with Gasteiger partial charge in [-0.1, -0.05) is 12.1 Å². The van der Waals surface area contributed by atoms with Gasteiger partial charge in [-0.15, -0.1) is 0 Å². The SMILES string of the molecule is CNCCC(=O)N1C(=O)CCc2cc(CN)ccc21. The molecule has 19 heavy (non-hydrogen) atoms. The number of aryl methyl sites for hydroxylation is 1. The van der Waals surface area contributed by atoms with E-state index in [-0.39, 0.29) is 11.8 Å². The summed E-state index contributed by atoms with van der Waals surface area (Å²) in [6.07, 6.45) is 1.38. The molecule has 1 aromatic rings. The molecule has 102 valence electrons. The highest BCUT2D eigenvalue weighted by Crippen LogP contribution is 2.29. The monoisotopic (exact) mass is 261 g/mol. The van der Waals surface area contributed by atoms with Crippen LogP contribution in [0.15, 0.2) is 18.2 Å². The number of carbonyl (C=O) groups excluding carboxylic acids is 2. The van der Waals surface area contributed by atoms with Crippen molar-refractivity contribution in [3.05, 3.63) is 29.3 Å². The number of rotatable bonds is 4. The molecule has 2 rings (SSSR count). The summed E-state index contributed by atoms with van der Waals surface area (Å²) in [7, 11) is 1.78. The lowest BCUT2D eigenvalue weighted by atomic mass is 9.98. The third kappa shape index (κ3) is 2.83. The fraction of sp³-hybridized carbons (Fsp3) is 0.429. The van der Waals surface area contributed by atoms with E-state index in [4.69, 9.17) is 5.73 Å². The molecule has 1 heterocycles. The minimum atomic E-state index is -0.152. The molecule has 0 bridgehead atoms. The van der Waals surface area contributed by atoms with E-state index >= 15 is 0 Å². The van der Waals surface area contributed by atoms with Crippen molar-refractivity contribution < 1.29 is 9.59 Å². The summed E-state index contributed by atoms with van der Waals surface area (Å²) in [5, 5.41) is 2.92. The lowest BCUT2D eigenvalue weighted by Gasteiger charge is -2.28. The first-order chi connectivity index (χ1) is 9.17. The summed E-state index contributed by atoms with van der Waals surface area (Å²) in [5.74, 6) is -0.269. The first-order valence-corrected chi connectivity index (χ1v) is 6.49. The summed E-state index contributed by atoms with van der Waals surface area (Å²) in [5.41, 5.74) is 8.38. The van der Waals surface area contributed by atoms with Crippen molar-refractivity contribution in [2.45, 2.75) is 25.8 Å². The van der Waals surface area contributed by atoms with Gasteiger partial charge >= 0.3 is 0 Å². The first-order valence-electron chi connectivity index (χ1n) is 6.49. The molecule has 3 N–H and O–H groups in total. The van der Waals surface area contributed by atoms with Gasteiger partial charge in [0.2, 0.25) is 11.8 Å². The van der Waals surface area contributed by atoms with Gasteiger partial charge < -0.3 is 11.1 Å². The van der Waals surface area contributed by atoms with Crippen LogP contribution >= 0.6 is 0 Å². The molecule has 1 aromatic carbocycles. The Hall–Kier alpha value is -1.72. The average molecular weight is 261 g/mol. The number of nitrogens with one attached hydrogen (secondary N) is 1. The van der Waals surface area contributed by atoms with Crippen LogP contribution in [0.2, 0.25) is 0 Å². The van der Waals surface area contributed by atoms with Crippen LogP contribution < -0.4 is 16.0 Å². The number of imide groups is 1. The number of carbonyl (C=O) groups is 2. The molecule has 0 fully saturated rings. The predicted molar refractivity (Wildman–Crippen MR) is 73.7 cm³/mol. The van der Waals surface area contributed by atoms with Gasteiger partial charge in [-0.2, -0.15) is 0 Å². The molecule has 0 saturated heterocycles. The quantitative estimate of drug-likeness (QED) is 0.830. The molecule has 0 atom stereocenters. The fourth-order valence-electron chi connectivity index (χ4n) is 2.29. The molecule has 5 heteroatoms. The van der Waals surface area contributed by atoms with Crippen LogP contribution in [0.1, 0.15) is 24.0 Å². The maximum Gasteiger partial charge on any atom is 0.235 e. The second-order valence-corrected chi connectivity index (χ2v) is 4.64. The summed E-state index contributed by atoms with van der Waals surface area (Å²) in [6.45, 7) is 1.04. The van der Waals surface area contributed by atoms with E-state index < -0.39 is 0 Å². The zero-order valence-electron chi connectivity index (χ0n) is 11.1. The van der Waals surface area contributed by atoms with Crippen LogP contribution in [0.25, 0.3) is 0 Å². The highest BCUT2D eigenvalue weighted by molar-refractivity contribution is 6.16. The third-order valence-electron chi connectivity index (χ3n) is 3.32. The lowest BCUT2D eigenvalue weighted by molar-refractivity contribution is -0.126. The Kier molecular flexibility index (Phi) is 4.29. The fourth-order valence-corrected chi connectivity index (χ4v) is 2.29. The van der Waals surface area contributed by atoms with Gasteiger partial charge in [0.1, 0.15) is 0 Å². The summed E-state index contributed by atoms with van der Waals surface area (Å²) in [6, 6.07) is 5.68. The molecule has 0 aromatic heterocycles. The van der Waals surface area contributed by atoms with Gasteiger partial charge in [-0.05, 0) is 30.7 Å². The van der Waals surface area contributed by atoms with Crippen LogP contribution in [0, 0.1) is 0 Å². The number of hydrogen-bond acceptors (Lipinski definition) is 4. The molecule has 5 nitrogen and oxygen atoms in total. The number of anilines is 1. The van der Waals surface area contributed by atoms with E-state index in [0.717, 1.165) is 16.8 Å². The largest absolute Gasteiger partial charge is 0.326 e. The molecular weight excluding hydrogens is 242 g/mol. The molecular formula is C14H19N3O2. The topological polar surface area (TPSA) is 75.4 Å². The minimum Gasteiger partial charge on any atom is -0.326 e. The molecule has 0 spiro atoms. The van der Waals surface area contributed by atoms with Gasteiger partial charge in [0.05, 0.1) is 5.69 Å². The smallest absolute Gasteiger partial charge is 0.235 e. The van der Waals surface area contributed by atoms with Gasteiger partial charge in [0.15, 0.2) is 0 Å².